The van der Waals surface area contributed by atoms with Gasteiger partial charge in [-0.25, -0.2) is 19.6 Å². The van der Waals surface area contributed by atoms with Crippen molar-refractivity contribution in [3.8, 4) is 0 Å². The molecule has 4 amide bonds. The zero-order valence-corrected chi connectivity index (χ0v) is 39.2. The summed E-state index contributed by atoms with van der Waals surface area (Å²) in [6, 6.07) is 20.1. The zero-order valence-electron chi connectivity index (χ0n) is 39.2. The number of fused-ring (bicyclic) bond motifs is 2. The quantitative estimate of drug-likeness (QED) is 0.102. The van der Waals surface area contributed by atoms with E-state index in [1.54, 1.807) is 0 Å². The second kappa shape index (κ2) is 18.4. The smallest absolute Gasteiger partial charge is 0.407 e. The molecule has 8 rings (SSSR count). The highest BCUT2D eigenvalue weighted by Gasteiger charge is 2.39. The first-order valence-electron chi connectivity index (χ1n) is 23.2. The van der Waals surface area contributed by atoms with E-state index < -0.39 is 24.3 Å². The molecule has 0 radical (unpaired) electrons. The molecule has 14 nitrogen and oxygen atoms in total. The summed E-state index contributed by atoms with van der Waals surface area (Å²) in [5.74, 6) is 1.09. The van der Waals surface area contributed by atoms with Crippen molar-refractivity contribution in [2.24, 2.45) is 11.8 Å². The normalized spacial score (nSPS) is 20.0. The lowest BCUT2D eigenvalue weighted by atomic mass is 9.83. The van der Waals surface area contributed by atoms with Crippen molar-refractivity contribution in [1.29, 1.82) is 0 Å². The van der Waals surface area contributed by atoms with E-state index in [1.807, 2.05) is 37.5 Å². The molecular weight excluding hydrogens is 821 g/mol. The first kappa shape index (κ1) is 45.4. The predicted octanol–water partition coefficient (Wildman–Crippen LogP) is 9.31. The SMILES string of the molecule is COC(=O)N[C@H](C(=O)N1CCC[C@H]1c1nc2ccc(C3=C(c4ccc(C(C)(C)C)cc4)C(c4ccc5nc([C@@H]6CCCN6C(=O)[C@@H](NC(=O)OC)C(C)C)[nH]c5c4)CC3)cc2[nH]1)C(C)C. The fourth-order valence-electron chi connectivity index (χ4n) is 10.1. The molecular formula is C51H64N8O6. The van der Waals surface area contributed by atoms with E-state index in [2.05, 4.69) is 102 Å². The van der Waals surface area contributed by atoms with Gasteiger partial charge in [0.15, 0.2) is 0 Å². The number of carbonyl (C=O) groups excluding carboxylic acids is 4. The Hall–Kier alpha value is -6.18. The summed E-state index contributed by atoms with van der Waals surface area (Å²) in [5, 5.41) is 5.49. The number of alkyl carbamates (subject to hydrolysis) is 2. The Balaban J connectivity index is 1.12. The maximum Gasteiger partial charge on any atom is 0.407 e. The van der Waals surface area contributed by atoms with Crippen molar-refractivity contribution in [1.82, 2.24) is 40.4 Å². The number of allylic oxidation sites excluding steroid dienone is 2. The Morgan fingerprint density at radius 1 is 0.677 bits per heavy atom. The summed E-state index contributed by atoms with van der Waals surface area (Å²) in [7, 11) is 2.60. The minimum absolute atomic E-state index is 0.0116. The number of likely N-dealkylation sites (tertiary alicyclic amines) is 2. The summed E-state index contributed by atoms with van der Waals surface area (Å²) in [6.45, 7) is 15.5. The number of hydrogen-bond acceptors (Lipinski definition) is 8. The lowest BCUT2D eigenvalue weighted by Gasteiger charge is -2.29. The lowest BCUT2D eigenvalue weighted by molar-refractivity contribution is -0.136. The number of imidazole rings is 2. The maximum atomic E-state index is 13.9. The predicted molar refractivity (Wildman–Crippen MR) is 252 cm³/mol. The molecule has 2 saturated heterocycles. The number of H-pyrrole nitrogens is 2. The summed E-state index contributed by atoms with van der Waals surface area (Å²) in [5.41, 5.74) is 10.9. The third-order valence-electron chi connectivity index (χ3n) is 13.7. The molecule has 5 atom stereocenters. The van der Waals surface area contributed by atoms with Gasteiger partial charge in [0.2, 0.25) is 11.8 Å². The van der Waals surface area contributed by atoms with Gasteiger partial charge in [0.1, 0.15) is 23.7 Å². The number of hydrogen-bond donors (Lipinski definition) is 4. The summed E-state index contributed by atoms with van der Waals surface area (Å²) >= 11 is 0. The first-order chi connectivity index (χ1) is 31.1. The Labute approximate surface area is 381 Å². The third-order valence-corrected chi connectivity index (χ3v) is 13.7. The molecule has 0 saturated carbocycles. The number of rotatable bonds is 11. The molecule has 0 bridgehead atoms. The minimum Gasteiger partial charge on any atom is -0.453 e. The molecule has 4 N–H and O–H groups in total. The van der Waals surface area contributed by atoms with Crippen LogP contribution in [0, 0.1) is 11.8 Å². The second-order valence-corrected chi connectivity index (χ2v) is 19.7. The number of nitrogens with one attached hydrogen (secondary N) is 4. The number of aromatic nitrogens is 4. The lowest BCUT2D eigenvalue weighted by Crippen LogP contribution is -2.51. The van der Waals surface area contributed by atoms with E-state index in [4.69, 9.17) is 19.4 Å². The van der Waals surface area contributed by atoms with E-state index in [0.717, 1.165) is 77.8 Å². The Morgan fingerprint density at radius 3 is 1.66 bits per heavy atom. The maximum absolute atomic E-state index is 13.9. The Kier molecular flexibility index (Phi) is 12.8. The number of nitrogens with zero attached hydrogens (tertiary/aromatic N) is 4. The third kappa shape index (κ3) is 9.09. The van der Waals surface area contributed by atoms with Crippen molar-refractivity contribution in [3.05, 3.63) is 94.6 Å². The number of amides is 4. The number of methoxy groups -OCH3 is 2. The summed E-state index contributed by atoms with van der Waals surface area (Å²) in [4.78, 5) is 73.1. The number of carbonyl (C=O) groups is 4. The van der Waals surface area contributed by atoms with Gasteiger partial charge in [-0.15, -0.1) is 0 Å². The van der Waals surface area contributed by atoms with E-state index in [1.165, 1.54) is 42.1 Å². The van der Waals surface area contributed by atoms with Gasteiger partial charge in [-0.3, -0.25) is 9.59 Å². The standard InChI is InChI=1S/C51H64N8O6/c1-28(2)43(56-49(62)64-8)47(60)58-24-10-12-40(58)45-52-36-22-16-31(26-38(36)54-45)34-20-21-35(42(34)30-14-18-33(19-15-30)51(5,6)7)32-17-23-37-39(27-32)55-46(53-37)41-13-11-25-59(41)48(61)44(29(3)4)57-50(63)65-9/h14-19,22-23,26-29,34,40-41,43-44H,10-13,20-21,24-25H2,1-9H3,(H,52,54)(H,53,55)(H,56,62)(H,57,63)/t34?,40-,41-,43-,44-/m0/s1. The van der Waals surface area contributed by atoms with E-state index in [-0.39, 0.29) is 47.1 Å². The molecule has 2 fully saturated rings. The van der Waals surface area contributed by atoms with E-state index in [0.29, 0.717) is 13.1 Å². The number of aromatic amines is 2. The number of ether oxygens (including phenoxy) is 2. The van der Waals surface area contributed by atoms with Crippen molar-refractivity contribution < 1.29 is 28.7 Å². The van der Waals surface area contributed by atoms with Crippen LogP contribution in [-0.2, 0) is 24.5 Å². The highest BCUT2D eigenvalue weighted by molar-refractivity contribution is 5.98. The van der Waals surface area contributed by atoms with Crippen molar-refractivity contribution in [3.63, 3.8) is 0 Å². The highest BCUT2D eigenvalue weighted by Crippen LogP contribution is 2.50. The largest absolute Gasteiger partial charge is 0.453 e. The zero-order chi connectivity index (χ0) is 46.3. The molecule has 3 aromatic carbocycles. The first-order valence-corrected chi connectivity index (χ1v) is 23.2. The molecule has 5 aromatic rings. The van der Waals surface area contributed by atoms with Crippen LogP contribution in [0.15, 0.2) is 60.7 Å². The van der Waals surface area contributed by atoms with Crippen LogP contribution in [0.3, 0.4) is 0 Å². The average molecular weight is 885 g/mol. The van der Waals surface area contributed by atoms with Gasteiger partial charge < -0.3 is 39.9 Å². The van der Waals surface area contributed by atoms with Crippen LogP contribution in [-0.4, -0.2) is 93.1 Å². The van der Waals surface area contributed by atoms with Gasteiger partial charge in [0, 0.05) is 19.0 Å². The van der Waals surface area contributed by atoms with Crippen molar-refractivity contribution >= 4 is 57.2 Å². The Morgan fingerprint density at radius 2 is 1.17 bits per heavy atom. The monoisotopic (exact) mass is 884 g/mol. The van der Waals surface area contributed by atoms with Gasteiger partial charge in [0.25, 0.3) is 0 Å². The van der Waals surface area contributed by atoms with Crippen molar-refractivity contribution in [2.75, 3.05) is 27.3 Å². The van der Waals surface area contributed by atoms with Gasteiger partial charge in [0.05, 0.1) is 48.4 Å². The molecule has 2 aliphatic heterocycles. The molecule has 65 heavy (non-hydrogen) atoms. The van der Waals surface area contributed by atoms with E-state index >= 15 is 0 Å². The molecule has 1 aliphatic carbocycles. The van der Waals surface area contributed by atoms with Gasteiger partial charge in [-0.1, -0.05) is 84.9 Å². The van der Waals surface area contributed by atoms with Crippen LogP contribution < -0.4 is 10.6 Å². The second-order valence-electron chi connectivity index (χ2n) is 19.7. The molecule has 4 heterocycles. The van der Waals surface area contributed by atoms with Crippen LogP contribution >= 0.6 is 0 Å². The van der Waals surface area contributed by atoms with Crippen LogP contribution in [0.4, 0.5) is 9.59 Å². The van der Waals surface area contributed by atoms with Gasteiger partial charge in [-0.05, 0) is 113 Å². The summed E-state index contributed by atoms with van der Waals surface area (Å²) in [6.07, 6.45) is 3.79. The van der Waals surface area contributed by atoms with Gasteiger partial charge in [-0.2, -0.15) is 0 Å². The van der Waals surface area contributed by atoms with E-state index in [9.17, 15) is 19.2 Å². The molecule has 3 aliphatic rings. The molecule has 344 valence electrons. The fourth-order valence-corrected chi connectivity index (χ4v) is 10.1. The highest BCUT2D eigenvalue weighted by atomic mass is 16.5. The van der Waals surface area contributed by atoms with Crippen LogP contribution in [0.5, 0.6) is 0 Å². The molecule has 14 heteroatoms. The van der Waals surface area contributed by atoms with Crippen LogP contribution in [0.25, 0.3) is 33.2 Å². The summed E-state index contributed by atoms with van der Waals surface area (Å²) < 4.78 is 9.66. The van der Waals surface area contributed by atoms with Crippen LogP contribution in [0.1, 0.15) is 139 Å². The van der Waals surface area contributed by atoms with Gasteiger partial charge >= 0.3 is 12.2 Å². The average Bonchev–Trinajstić information content (AvgIpc) is 4.14. The van der Waals surface area contributed by atoms with Crippen LogP contribution in [0.2, 0.25) is 0 Å². The molecule has 0 spiro atoms. The number of benzene rings is 3. The van der Waals surface area contributed by atoms with Crippen molar-refractivity contribution in [2.45, 2.75) is 122 Å². The fraction of sp³-hybridized carbons (Fsp3) is 0.490. The topological polar surface area (TPSA) is 175 Å². The minimum atomic E-state index is -0.706. The molecule has 2 aromatic heterocycles. The molecule has 1 unspecified atom stereocenters. The Bertz CT molecular complexity index is 2620.